The molecule has 186 valence electrons. The second-order valence-corrected chi connectivity index (χ2v) is 10.2. The van der Waals surface area contributed by atoms with Crippen LogP contribution < -0.4 is 11.2 Å². The van der Waals surface area contributed by atoms with E-state index in [1.807, 2.05) is 10.6 Å². The number of imidazole rings is 1. The Morgan fingerprint density at radius 3 is 2.21 bits per heavy atom. The lowest BCUT2D eigenvalue weighted by Crippen LogP contribution is -2.29. The Kier molecular flexibility index (Phi) is 11.0. The van der Waals surface area contributed by atoms with E-state index in [4.69, 9.17) is 4.98 Å². The largest absolute Gasteiger partial charge is 0.329 e. The van der Waals surface area contributed by atoms with Gasteiger partial charge in [0.15, 0.2) is 16.3 Å². The van der Waals surface area contributed by atoms with Crippen LogP contribution in [0.3, 0.4) is 0 Å². The fraction of sp³-hybridized carbons (Fsp3) is 0.593. The Morgan fingerprint density at radius 1 is 0.882 bits per heavy atom. The molecule has 1 aromatic carbocycles. The van der Waals surface area contributed by atoms with Gasteiger partial charge >= 0.3 is 5.69 Å². The van der Waals surface area contributed by atoms with E-state index in [0.717, 1.165) is 30.2 Å². The number of benzene rings is 1. The lowest BCUT2D eigenvalue weighted by molar-refractivity contribution is 0.563. The molecule has 0 aliphatic heterocycles. The number of nitrogens with one attached hydrogen (secondary N) is 1. The SMILES string of the molecule is CCCCCCCCCCCCSc1nc2c(c(=O)[nH]c(=O)n2C)n1CCCc1ccccc1. The highest BCUT2D eigenvalue weighted by Crippen LogP contribution is 2.24. The third kappa shape index (κ3) is 7.62. The Hall–Kier alpha value is -2.28. The fourth-order valence-electron chi connectivity index (χ4n) is 4.37. The predicted molar refractivity (Wildman–Crippen MR) is 143 cm³/mol. The molecule has 0 aliphatic carbocycles. The number of rotatable bonds is 16. The second-order valence-electron chi connectivity index (χ2n) is 9.16. The first-order valence-electron chi connectivity index (χ1n) is 13.0. The Balaban J connectivity index is 1.55. The number of nitrogens with zero attached hydrogens (tertiary/aromatic N) is 3. The van der Waals surface area contributed by atoms with Crippen molar-refractivity contribution in [3.63, 3.8) is 0 Å². The van der Waals surface area contributed by atoms with Gasteiger partial charge in [0.05, 0.1) is 0 Å². The normalized spacial score (nSPS) is 11.5. The number of unbranched alkanes of at least 4 members (excludes halogenated alkanes) is 9. The third-order valence-corrected chi connectivity index (χ3v) is 7.45. The molecule has 2 aromatic heterocycles. The quantitative estimate of drug-likeness (QED) is 0.198. The number of hydrogen-bond donors (Lipinski definition) is 1. The van der Waals surface area contributed by atoms with Gasteiger partial charge in [-0.3, -0.25) is 14.3 Å². The first-order chi connectivity index (χ1) is 16.6. The van der Waals surface area contributed by atoms with E-state index in [2.05, 4.69) is 36.2 Å². The molecule has 0 atom stereocenters. The molecular weight excluding hydrogens is 444 g/mol. The van der Waals surface area contributed by atoms with Crippen LogP contribution in [0.1, 0.15) is 83.1 Å². The first kappa shape index (κ1) is 26.3. The van der Waals surface area contributed by atoms with Crippen molar-refractivity contribution in [2.45, 2.75) is 95.7 Å². The Bertz CT molecular complexity index is 1120. The summed E-state index contributed by atoms with van der Waals surface area (Å²) in [6.45, 7) is 2.96. The molecule has 3 rings (SSSR count). The van der Waals surface area contributed by atoms with Gasteiger partial charge in [0.1, 0.15) is 0 Å². The number of aromatic nitrogens is 4. The number of hydrogen-bond acceptors (Lipinski definition) is 4. The maximum atomic E-state index is 12.6. The molecule has 0 spiro atoms. The van der Waals surface area contributed by atoms with Crippen LogP contribution in [-0.4, -0.2) is 24.9 Å². The summed E-state index contributed by atoms with van der Waals surface area (Å²) in [6.07, 6.45) is 15.0. The van der Waals surface area contributed by atoms with Gasteiger partial charge in [-0.2, -0.15) is 0 Å². The van der Waals surface area contributed by atoms with E-state index < -0.39 is 5.69 Å². The van der Waals surface area contributed by atoms with Crippen LogP contribution in [0.2, 0.25) is 0 Å². The molecule has 34 heavy (non-hydrogen) atoms. The second kappa shape index (κ2) is 14.2. The molecule has 0 radical (unpaired) electrons. The van der Waals surface area contributed by atoms with Crippen molar-refractivity contribution < 1.29 is 0 Å². The number of H-pyrrole nitrogens is 1. The summed E-state index contributed by atoms with van der Waals surface area (Å²) in [5.74, 6) is 0.977. The minimum Gasteiger partial charge on any atom is -0.313 e. The van der Waals surface area contributed by atoms with Gasteiger partial charge in [-0.25, -0.2) is 9.78 Å². The molecule has 0 saturated carbocycles. The first-order valence-corrected chi connectivity index (χ1v) is 14.0. The molecule has 0 amide bonds. The van der Waals surface area contributed by atoms with Crippen molar-refractivity contribution >= 4 is 22.9 Å². The summed E-state index contributed by atoms with van der Waals surface area (Å²) in [4.78, 5) is 31.9. The van der Waals surface area contributed by atoms with Gasteiger partial charge in [-0.05, 0) is 24.8 Å². The lowest BCUT2D eigenvalue weighted by Gasteiger charge is -2.09. The van der Waals surface area contributed by atoms with E-state index in [1.54, 1.807) is 18.8 Å². The fourth-order valence-corrected chi connectivity index (χ4v) is 5.39. The van der Waals surface area contributed by atoms with Crippen LogP contribution in [0.25, 0.3) is 11.2 Å². The maximum Gasteiger partial charge on any atom is 0.329 e. The topological polar surface area (TPSA) is 72.7 Å². The molecule has 0 bridgehead atoms. The minimum absolute atomic E-state index is 0.351. The molecule has 0 aliphatic rings. The van der Waals surface area contributed by atoms with E-state index in [1.165, 1.54) is 67.9 Å². The number of thioether (sulfide) groups is 1. The van der Waals surface area contributed by atoms with E-state index in [0.29, 0.717) is 17.7 Å². The number of fused-ring (bicyclic) bond motifs is 1. The molecule has 2 heterocycles. The van der Waals surface area contributed by atoms with Crippen molar-refractivity contribution in [3.8, 4) is 0 Å². The van der Waals surface area contributed by atoms with Crippen molar-refractivity contribution in [3.05, 3.63) is 56.7 Å². The van der Waals surface area contributed by atoms with E-state index >= 15 is 0 Å². The summed E-state index contributed by atoms with van der Waals surface area (Å²) in [6, 6.07) is 10.4. The summed E-state index contributed by atoms with van der Waals surface area (Å²) in [7, 11) is 1.67. The average molecular weight is 485 g/mol. The van der Waals surface area contributed by atoms with Crippen molar-refractivity contribution in [1.82, 2.24) is 19.1 Å². The van der Waals surface area contributed by atoms with Crippen LogP contribution in [0.15, 0.2) is 45.1 Å². The Labute approximate surface area is 207 Å². The lowest BCUT2D eigenvalue weighted by atomic mass is 10.1. The van der Waals surface area contributed by atoms with E-state index in [-0.39, 0.29) is 5.56 Å². The average Bonchev–Trinajstić information content (AvgIpc) is 3.21. The molecular formula is C27H40N4O2S. The summed E-state index contributed by atoms with van der Waals surface area (Å²) >= 11 is 1.70. The van der Waals surface area contributed by atoms with Gasteiger partial charge in [0.2, 0.25) is 0 Å². The number of aromatic amines is 1. The van der Waals surface area contributed by atoms with Crippen LogP contribution in [0.5, 0.6) is 0 Å². The zero-order valence-corrected chi connectivity index (χ0v) is 21.7. The number of aryl methyl sites for hydroxylation is 3. The van der Waals surface area contributed by atoms with Gasteiger partial charge < -0.3 is 4.57 Å². The zero-order chi connectivity index (χ0) is 24.2. The monoisotopic (exact) mass is 484 g/mol. The summed E-state index contributed by atoms with van der Waals surface area (Å²) in [5.41, 5.74) is 1.49. The Morgan fingerprint density at radius 2 is 1.53 bits per heavy atom. The van der Waals surface area contributed by atoms with E-state index in [9.17, 15) is 9.59 Å². The summed E-state index contributed by atoms with van der Waals surface area (Å²) < 4.78 is 3.45. The van der Waals surface area contributed by atoms with Crippen LogP contribution in [0.4, 0.5) is 0 Å². The van der Waals surface area contributed by atoms with Gasteiger partial charge in [-0.15, -0.1) is 0 Å². The van der Waals surface area contributed by atoms with Gasteiger partial charge in [0, 0.05) is 19.3 Å². The third-order valence-electron chi connectivity index (χ3n) is 6.39. The molecule has 7 heteroatoms. The molecule has 0 fully saturated rings. The van der Waals surface area contributed by atoms with Crippen LogP contribution in [0, 0.1) is 0 Å². The molecule has 0 saturated heterocycles. The minimum atomic E-state index is -0.419. The predicted octanol–water partition coefficient (Wildman–Crippen LogP) is 6.07. The van der Waals surface area contributed by atoms with Gasteiger partial charge in [0.25, 0.3) is 5.56 Å². The van der Waals surface area contributed by atoms with Crippen molar-refractivity contribution in [2.24, 2.45) is 7.05 Å². The molecule has 1 N–H and O–H groups in total. The van der Waals surface area contributed by atoms with Crippen molar-refractivity contribution in [1.29, 1.82) is 0 Å². The zero-order valence-electron chi connectivity index (χ0n) is 20.9. The highest BCUT2D eigenvalue weighted by molar-refractivity contribution is 7.99. The highest BCUT2D eigenvalue weighted by Gasteiger charge is 2.17. The van der Waals surface area contributed by atoms with Gasteiger partial charge in [-0.1, -0.05) is 107 Å². The van der Waals surface area contributed by atoms with Crippen LogP contribution in [-0.2, 0) is 20.0 Å². The van der Waals surface area contributed by atoms with Crippen LogP contribution >= 0.6 is 11.8 Å². The van der Waals surface area contributed by atoms with Crippen molar-refractivity contribution in [2.75, 3.05) is 5.75 Å². The molecule has 0 unspecified atom stereocenters. The standard InChI is InChI=1S/C27H40N4O2S/c1-3-4-5-6-7-8-9-10-11-15-21-34-27-28-24-23(25(32)29-26(33)30(24)2)31(27)20-16-19-22-17-13-12-14-18-22/h12-14,17-18H,3-11,15-16,19-21H2,1-2H3,(H,29,32,33). The molecule has 3 aromatic rings. The molecule has 6 nitrogen and oxygen atoms in total. The highest BCUT2D eigenvalue weighted by atomic mass is 32.2. The smallest absolute Gasteiger partial charge is 0.313 e. The maximum absolute atomic E-state index is 12.6. The summed E-state index contributed by atoms with van der Waals surface area (Å²) in [5, 5.41) is 0.839.